The zero-order valence-electron chi connectivity index (χ0n) is 20.5. The molecule has 1 aliphatic heterocycles. The van der Waals surface area contributed by atoms with Crippen LogP contribution in [0.15, 0.2) is 47.4 Å². The highest BCUT2D eigenvalue weighted by molar-refractivity contribution is 5.77. The van der Waals surface area contributed by atoms with Crippen LogP contribution in [0.5, 0.6) is 0 Å². The maximum absolute atomic E-state index is 13.3. The van der Waals surface area contributed by atoms with E-state index < -0.39 is 5.41 Å². The first-order valence-electron chi connectivity index (χ1n) is 12.0. The molecule has 182 valence electrons. The Morgan fingerprint density at radius 3 is 2.77 bits per heavy atom. The first kappa shape index (κ1) is 23.2. The SMILES string of the molecule is CC(C)n1c(=O)c2cnc(Nc3ccc4c(c3)CNCC4)nc2n1-c1cccc(C(C)(C)CO)n1. The summed E-state index contributed by atoms with van der Waals surface area (Å²) < 4.78 is 3.40. The van der Waals surface area contributed by atoms with Gasteiger partial charge in [0.1, 0.15) is 5.39 Å². The Balaban J connectivity index is 1.62. The molecule has 1 aliphatic rings. The van der Waals surface area contributed by atoms with E-state index in [1.807, 2.05) is 52.0 Å². The highest BCUT2D eigenvalue weighted by Gasteiger charge is 2.24. The number of rotatable bonds is 6. The lowest BCUT2D eigenvalue weighted by Gasteiger charge is -2.22. The molecule has 0 aliphatic carbocycles. The fourth-order valence-electron chi connectivity index (χ4n) is 4.43. The Kier molecular flexibility index (Phi) is 5.90. The van der Waals surface area contributed by atoms with E-state index in [9.17, 15) is 9.90 Å². The fraction of sp³-hybridized carbons (Fsp3) is 0.385. The summed E-state index contributed by atoms with van der Waals surface area (Å²) in [6.45, 7) is 9.56. The molecule has 35 heavy (non-hydrogen) atoms. The average molecular weight is 474 g/mol. The molecule has 9 nitrogen and oxygen atoms in total. The van der Waals surface area contributed by atoms with E-state index in [1.165, 1.54) is 11.1 Å². The van der Waals surface area contributed by atoms with Gasteiger partial charge in [-0.1, -0.05) is 26.0 Å². The third-order valence-electron chi connectivity index (χ3n) is 6.50. The second-order valence-corrected chi connectivity index (χ2v) is 9.94. The van der Waals surface area contributed by atoms with E-state index in [0.717, 1.165) is 30.9 Å². The lowest BCUT2D eigenvalue weighted by atomic mass is 9.90. The Hall–Kier alpha value is -3.56. The number of pyridine rings is 1. The Labute approximate surface area is 203 Å². The Morgan fingerprint density at radius 2 is 2.00 bits per heavy atom. The quantitative estimate of drug-likeness (QED) is 0.394. The summed E-state index contributed by atoms with van der Waals surface area (Å²) in [5, 5.41) is 17.0. The van der Waals surface area contributed by atoms with Gasteiger partial charge in [0.05, 0.1) is 12.3 Å². The van der Waals surface area contributed by atoms with Crippen molar-refractivity contribution in [3.05, 3.63) is 69.8 Å². The zero-order valence-corrected chi connectivity index (χ0v) is 20.5. The van der Waals surface area contributed by atoms with Crippen LogP contribution in [0.4, 0.5) is 11.6 Å². The highest BCUT2D eigenvalue weighted by atomic mass is 16.3. The number of fused-ring (bicyclic) bond motifs is 2. The molecule has 4 heterocycles. The number of hydrogen-bond acceptors (Lipinski definition) is 7. The van der Waals surface area contributed by atoms with Crippen molar-refractivity contribution in [3.8, 4) is 5.82 Å². The number of nitrogens with zero attached hydrogens (tertiary/aromatic N) is 5. The molecule has 1 aromatic carbocycles. The molecule has 3 aromatic heterocycles. The number of aliphatic hydroxyl groups is 1. The monoisotopic (exact) mass is 473 g/mol. The summed E-state index contributed by atoms with van der Waals surface area (Å²) in [6.07, 6.45) is 2.59. The number of aliphatic hydroxyl groups excluding tert-OH is 1. The largest absolute Gasteiger partial charge is 0.395 e. The van der Waals surface area contributed by atoms with Crippen molar-refractivity contribution >= 4 is 22.7 Å². The van der Waals surface area contributed by atoms with Gasteiger partial charge in [0.25, 0.3) is 5.56 Å². The molecule has 0 spiro atoms. The van der Waals surface area contributed by atoms with Crippen LogP contribution in [0.3, 0.4) is 0 Å². The van der Waals surface area contributed by atoms with Gasteiger partial charge < -0.3 is 15.7 Å². The molecule has 0 unspecified atom stereocenters. The van der Waals surface area contributed by atoms with E-state index in [1.54, 1.807) is 15.6 Å². The standard InChI is InChI=1S/C26H31N7O2/c1-16(2)32-24(35)20-14-28-25(29-19-9-8-17-10-11-27-13-18(17)12-19)31-23(20)33(32)22-7-5-6-21(30-22)26(3,4)15-34/h5-9,12,14,16,27,34H,10-11,13,15H2,1-4H3,(H,28,29,31). The van der Waals surface area contributed by atoms with Gasteiger partial charge in [-0.25, -0.2) is 19.3 Å². The summed E-state index contributed by atoms with van der Waals surface area (Å²) in [6, 6.07) is 11.8. The minimum Gasteiger partial charge on any atom is -0.395 e. The van der Waals surface area contributed by atoms with Gasteiger partial charge in [-0.2, -0.15) is 4.98 Å². The van der Waals surface area contributed by atoms with Crippen LogP contribution in [-0.4, -0.2) is 42.6 Å². The van der Waals surface area contributed by atoms with Gasteiger partial charge in [-0.05, 0) is 62.2 Å². The van der Waals surface area contributed by atoms with Gasteiger partial charge in [0.2, 0.25) is 5.95 Å². The molecule has 0 saturated carbocycles. The summed E-state index contributed by atoms with van der Waals surface area (Å²) in [5.41, 5.74) is 4.03. The number of nitrogens with one attached hydrogen (secondary N) is 2. The summed E-state index contributed by atoms with van der Waals surface area (Å²) in [4.78, 5) is 27.3. The normalized spacial score (nSPS) is 13.9. The summed E-state index contributed by atoms with van der Waals surface area (Å²) in [5.74, 6) is 0.969. The van der Waals surface area contributed by atoms with Crippen molar-refractivity contribution in [2.75, 3.05) is 18.5 Å². The fourth-order valence-corrected chi connectivity index (χ4v) is 4.43. The van der Waals surface area contributed by atoms with E-state index in [2.05, 4.69) is 27.8 Å². The third-order valence-corrected chi connectivity index (χ3v) is 6.50. The van der Waals surface area contributed by atoms with Crippen molar-refractivity contribution in [2.24, 2.45) is 0 Å². The number of aromatic nitrogens is 5. The topological polar surface area (TPSA) is 110 Å². The van der Waals surface area contributed by atoms with Crippen LogP contribution in [0.25, 0.3) is 16.9 Å². The zero-order chi connectivity index (χ0) is 24.7. The molecule has 0 fully saturated rings. The first-order valence-corrected chi connectivity index (χ1v) is 12.0. The van der Waals surface area contributed by atoms with Gasteiger partial charge >= 0.3 is 0 Å². The van der Waals surface area contributed by atoms with Gasteiger partial charge in [-0.3, -0.25) is 4.79 Å². The van der Waals surface area contributed by atoms with Crippen LogP contribution in [0, 0.1) is 0 Å². The molecule has 4 aromatic rings. The maximum Gasteiger partial charge on any atom is 0.278 e. The third kappa shape index (κ3) is 4.21. The molecule has 0 amide bonds. The minimum absolute atomic E-state index is 0.0423. The second-order valence-electron chi connectivity index (χ2n) is 9.94. The minimum atomic E-state index is -0.523. The van der Waals surface area contributed by atoms with Crippen molar-refractivity contribution < 1.29 is 5.11 Å². The van der Waals surface area contributed by atoms with Crippen LogP contribution in [0.2, 0.25) is 0 Å². The first-order chi connectivity index (χ1) is 16.8. The van der Waals surface area contributed by atoms with Gasteiger partial charge in [0, 0.05) is 29.9 Å². The maximum atomic E-state index is 13.3. The molecule has 0 radical (unpaired) electrons. The van der Waals surface area contributed by atoms with Crippen LogP contribution < -0.4 is 16.2 Å². The predicted octanol–water partition coefficient (Wildman–Crippen LogP) is 3.22. The molecule has 0 saturated heterocycles. The molecular weight excluding hydrogens is 442 g/mol. The average Bonchev–Trinajstić information content (AvgIpc) is 3.16. The number of benzene rings is 1. The second kappa shape index (κ2) is 8.90. The summed E-state index contributed by atoms with van der Waals surface area (Å²) >= 11 is 0. The molecule has 9 heteroatoms. The van der Waals surface area contributed by atoms with E-state index >= 15 is 0 Å². The number of hydrogen-bond donors (Lipinski definition) is 3. The van der Waals surface area contributed by atoms with Crippen molar-refractivity contribution in [2.45, 2.75) is 52.1 Å². The van der Waals surface area contributed by atoms with Crippen molar-refractivity contribution in [1.29, 1.82) is 0 Å². The van der Waals surface area contributed by atoms with Gasteiger partial charge in [0.15, 0.2) is 11.5 Å². The predicted molar refractivity (Wildman–Crippen MR) is 137 cm³/mol. The Morgan fingerprint density at radius 1 is 1.17 bits per heavy atom. The van der Waals surface area contributed by atoms with Crippen LogP contribution >= 0.6 is 0 Å². The molecular formula is C26H31N7O2. The molecule has 0 bridgehead atoms. The van der Waals surface area contributed by atoms with Crippen LogP contribution in [0.1, 0.15) is 50.6 Å². The highest BCUT2D eigenvalue weighted by Crippen LogP contribution is 2.25. The lowest BCUT2D eigenvalue weighted by Crippen LogP contribution is -2.27. The molecule has 5 rings (SSSR count). The van der Waals surface area contributed by atoms with Gasteiger partial charge in [-0.15, -0.1) is 0 Å². The Bertz CT molecular complexity index is 1450. The molecule has 0 atom stereocenters. The smallest absolute Gasteiger partial charge is 0.278 e. The van der Waals surface area contributed by atoms with E-state index in [0.29, 0.717) is 22.8 Å². The van der Waals surface area contributed by atoms with E-state index in [-0.39, 0.29) is 18.2 Å². The number of anilines is 2. The van der Waals surface area contributed by atoms with E-state index in [4.69, 9.17) is 9.97 Å². The summed E-state index contributed by atoms with van der Waals surface area (Å²) in [7, 11) is 0. The van der Waals surface area contributed by atoms with Crippen molar-refractivity contribution in [3.63, 3.8) is 0 Å². The van der Waals surface area contributed by atoms with Crippen molar-refractivity contribution in [1.82, 2.24) is 29.6 Å². The van der Waals surface area contributed by atoms with Crippen LogP contribution in [-0.2, 0) is 18.4 Å². The molecule has 3 N–H and O–H groups in total. The lowest BCUT2D eigenvalue weighted by molar-refractivity contribution is 0.215.